The highest BCUT2D eigenvalue weighted by Crippen LogP contribution is 2.21. The molecule has 1 atom stereocenters. The van der Waals surface area contributed by atoms with Gasteiger partial charge in [0.25, 0.3) is 5.56 Å². The van der Waals surface area contributed by atoms with Gasteiger partial charge >= 0.3 is 0 Å². The number of nitrogens with one attached hydrogen (secondary N) is 1. The SMILES string of the molecule is Cc1cc2nc(CN3CCC[C@@H](C(=O)c4ccccn4)C3)cc(=O)n2[nH]1. The van der Waals surface area contributed by atoms with Gasteiger partial charge < -0.3 is 0 Å². The summed E-state index contributed by atoms with van der Waals surface area (Å²) in [5, 5.41) is 2.97. The van der Waals surface area contributed by atoms with Gasteiger partial charge in [-0.05, 0) is 38.4 Å². The number of pyridine rings is 1. The first-order chi connectivity index (χ1) is 12.6. The number of piperidine rings is 1. The molecule has 0 aromatic carbocycles. The maximum atomic E-state index is 12.7. The van der Waals surface area contributed by atoms with Crippen molar-refractivity contribution in [1.29, 1.82) is 0 Å². The summed E-state index contributed by atoms with van der Waals surface area (Å²) in [7, 11) is 0. The molecule has 7 nitrogen and oxygen atoms in total. The molecule has 0 unspecified atom stereocenters. The summed E-state index contributed by atoms with van der Waals surface area (Å²) in [4.78, 5) is 35.8. The molecular formula is C19H21N5O2. The lowest BCUT2D eigenvalue weighted by Crippen LogP contribution is -2.38. The average Bonchev–Trinajstić information content (AvgIpc) is 3.03. The van der Waals surface area contributed by atoms with E-state index in [1.807, 2.05) is 25.1 Å². The predicted octanol–water partition coefficient (Wildman–Crippen LogP) is 1.82. The zero-order valence-corrected chi connectivity index (χ0v) is 14.7. The second kappa shape index (κ2) is 6.84. The summed E-state index contributed by atoms with van der Waals surface area (Å²) >= 11 is 0. The van der Waals surface area contributed by atoms with Crippen molar-refractivity contribution in [3.8, 4) is 0 Å². The van der Waals surface area contributed by atoms with E-state index in [-0.39, 0.29) is 17.3 Å². The van der Waals surface area contributed by atoms with Gasteiger partial charge in [-0.1, -0.05) is 6.07 Å². The summed E-state index contributed by atoms with van der Waals surface area (Å²) in [6.07, 6.45) is 3.48. The van der Waals surface area contributed by atoms with Crippen molar-refractivity contribution in [3.05, 3.63) is 64.0 Å². The van der Waals surface area contributed by atoms with E-state index in [9.17, 15) is 9.59 Å². The number of aryl methyl sites for hydroxylation is 1. The van der Waals surface area contributed by atoms with E-state index in [4.69, 9.17) is 0 Å². The number of carbonyl (C=O) groups is 1. The van der Waals surface area contributed by atoms with Gasteiger partial charge in [-0.3, -0.25) is 24.6 Å². The minimum Gasteiger partial charge on any atom is -0.297 e. The van der Waals surface area contributed by atoms with Gasteiger partial charge in [0.1, 0.15) is 5.69 Å². The van der Waals surface area contributed by atoms with Crippen molar-refractivity contribution in [1.82, 2.24) is 24.5 Å². The Morgan fingerprint density at radius 1 is 1.35 bits per heavy atom. The number of likely N-dealkylation sites (tertiary alicyclic amines) is 1. The molecule has 26 heavy (non-hydrogen) atoms. The van der Waals surface area contributed by atoms with Crippen molar-refractivity contribution >= 4 is 11.4 Å². The van der Waals surface area contributed by atoms with E-state index < -0.39 is 0 Å². The average molecular weight is 351 g/mol. The first kappa shape index (κ1) is 16.7. The molecule has 3 aromatic rings. The van der Waals surface area contributed by atoms with E-state index in [1.165, 1.54) is 4.52 Å². The highest BCUT2D eigenvalue weighted by Gasteiger charge is 2.27. The summed E-state index contributed by atoms with van der Waals surface area (Å²) in [6.45, 7) is 4.04. The van der Waals surface area contributed by atoms with E-state index in [0.29, 0.717) is 24.4 Å². The number of rotatable bonds is 4. The Labute approximate surface area is 150 Å². The van der Waals surface area contributed by atoms with E-state index in [2.05, 4.69) is 20.0 Å². The normalized spacial score (nSPS) is 18.3. The van der Waals surface area contributed by atoms with Gasteiger partial charge in [-0.2, -0.15) is 0 Å². The summed E-state index contributed by atoms with van der Waals surface area (Å²) in [5.41, 5.74) is 2.67. The second-order valence-corrected chi connectivity index (χ2v) is 6.87. The molecule has 1 N–H and O–H groups in total. The third kappa shape index (κ3) is 3.30. The highest BCUT2D eigenvalue weighted by molar-refractivity contribution is 5.96. The first-order valence-corrected chi connectivity index (χ1v) is 8.86. The Kier molecular flexibility index (Phi) is 4.38. The standard InChI is InChI=1S/C19H21N5O2/c1-13-9-17-21-15(10-18(25)24(17)22-13)12-23-8-4-5-14(11-23)19(26)16-6-2-3-7-20-16/h2-3,6-7,9-10,14,22H,4-5,8,11-12H2,1H3/t14-/m1/s1. The summed E-state index contributed by atoms with van der Waals surface area (Å²) in [6, 6.07) is 8.84. The Morgan fingerprint density at radius 3 is 3.04 bits per heavy atom. The number of aromatic nitrogens is 4. The minimum atomic E-state index is -0.115. The van der Waals surface area contributed by atoms with Gasteiger partial charge in [0.15, 0.2) is 11.4 Å². The third-order valence-electron chi connectivity index (χ3n) is 4.81. The molecule has 4 rings (SSSR count). The molecule has 0 bridgehead atoms. The number of H-pyrrole nitrogens is 1. The number of carbonyl (C=O) groups excluding carboxylic acids is 1. The van der Waals surface area contributed by atoms with Crippen LogP contribution in [0.2, 0.25) is 0 Å². The molecule has 0 radical (unpaired) electrons. The molecule has 1 aliphatic rings. The second-order valence-electron chi connectivity index (χ2n) is 6.87. The van der Waals surface area contributed by atoms with E-state index in [1.54, 1.807) is 18.3 Å². The van der Waals surface area contributed by atoms with Gasteiger partial charge in [-0.25, -0.2) is 9.50 Å². The molecule has 1 aliphatic heterocycles. The number of hydrogen-bond donors (Lipinski definition) is 1. The van der Waals surface area contributed by atoms with E-state index >= 15 is 0 Å². The molecule has 1 fully saturated rings. The van der Waals surface area contributed by atoms with Crippen molar-refractivity contribution in [2.45, 2.75) is 26.3 Å². The van der Waals surface area contributed by atoms with E-state index in [0.717, 1.165) is 30.8 Å². The van der Waals surface area contributed by atoms with Crippen LogP contribution < -0.4 is 5.56 Å². The number of ketones is 1. The maximum Gasteiger partial charge on any atom is 0.272 e. The quantitative estimate of drug-likeness (QED) is 0.725. The fraction of sp³-hybridized carbons (Fsp3) is 0.368. The zero-order chi connectivity index (χ0) is 18.1. The molecule has 0 saturated carbocycles. The minimum absolute atomic E-state index is 0.0574. The van der Waals surface area contributed by atoms with Crippen LogP contribution in [0.3, 0.4) is 0 Å². The number of aromatic amines is 1. The van der Waals surface area contributed by atoms with Crippen LogP contribution in [-0.2, 0) is 6.54 Å². The molecule has 134 valence electrons. The molecule has 3 aromatic heterocycles. The monoisotopic (exact) mass is 351 g/mol. The lowest BCUT2D eigenvalue weighted by Gasteiger charge is -2.31. The smallest absolute Gasteiger partial charge is 0.272 e. The maximum absolute atomic E-state index is 12.7. The van der Waals surface area contributed by atoms with Gasteiger partial charge in [0.05, 0.1) is 5.69 Å². The van der Waals surface area contributed by atoms with Crippen LogP contribution in [0.25, 0.3) is 5.65 Å². The number of hydrogen-bond acceptors (Lipinski definition) is 5. The number of Topliss-reactive ketones (excluding diaryl/α,β-unsaturated/α-hetero) is 1. The first-order valence-electron chi connectivity index (χ1n) is 8.86. The summed E-state index contributed by atoms with van der Waals surface area (Å²) in [5.74, 6) is 0.0398. The fourth-order valence-corrected chi connectivity index (χ4v) is 3.60. The Hall–Kier alpha value is -2.80. The number of nitrogens with zero attached hydrogens (tertiary/aromatic N) is 4. The topological polar surface area (TPSA) is 83.4 Å². The van der Waals surface area contributed by atoms with Crippen molar-refractivity contribution in [2.24, 2.45) is 5.92 Å². The third-order valence-corrected chi connectivity index (χ3v) is 4.81. The Morgan fingerprint density at radius 2 is 2.23 bits per heavy atom. The van der Waals surface area contributed by atoms with Gasteiger partial charge in [0.2, 0.25) is 0 Å². The van der Waals surface area contributed by atoms with Crippen LogP contribution in [0, 0.1) is 12.8 Å². The number of fused-ring (bicyclic) bond motifs is 1. The molecule has 0 amide bonds. The van der Waals surface area contributed by atoms with Crippen LogP contribution in [0.1, 0.15) is 34.7 Å². The van der Waals surface area contributed by atoms with Crippen LogP contribution in [0.5, 0.6) is 0 Å². The molecule has 0 aliphatic carbocycles. The van der Waals surface area contributed by atoms with Crippen LogP contribution >= 0.6 is 0 Å². The largest absolute Gasteiger partial charge is 0.297 e. The fourth-order valence-electron chi connectivity index (χ4n) is 3.60. The Balaban J connectivity index is 1.50. The molecule has 4 heterocycles. The molecule has 1 saturated heterocycles. The molecule has 0 spiro atoms. The van der Waals surface area contributed by atoms with Gasteiger partial charge in [-0.15, -0.1) is 0 Å². The lowest BCUT2D eigenvalue weighted by atomic mass is 9.92. The molecule has 7 heteroatoms. The van der Waals surface area contributed by atoms with Crippen LogP contribution in [0.15, 0.2) is 41.3 Å². The zero-order valence-electron chi connectivity index (χ0n) is 14.7. The lowest BCUT2D eigenvalue weighted by molar-refractivity contribution is 0.0805. The highest BCUT2D eigenvalue weighted by atomic mass is 16.1. The van der Waals surface area contributed by atoms with Crippen molar-refractivity contribution in [2.75, 3.05) is 13.1 Å². The van der Waals surface area contributed by atoms with Crippen LogP contribution in [-0.4, -0.2) is 43.4 Å². The Bertz CT molecular complexity index is 992. The van der Waals surface area contributed by atoms with Crippen molar-refractivity contribution < 1.29 is 4.79 Å². The van der Waals surface area contributed by atoms with Gasteiger partial charge in [0, 0.05) is 43.0 Å². The van der Waals surface area contributed by atoms with Crippen molar-refractivity contribution in [3.63, 3.8) is 0 Å². The molecular weight excluding hydrogens is 330 g/mol. The predicted molar refractivity (Wildman–Crippen MR) is 97.1 cm³/mol. The van der Waals surface area contributed by atoms with Crippen LogP contribution in [0.4, 0.5) is 0 Å². The summed E-state index contributed by atoms with van der Waals surface area (Å²) < 4.78 is 1.45.